The Balaban J connectivity index is 1.47. The van der Waals surface area contributed by atoms with Crippen LogP contribution in [0.15, 0.2) is 47.1 Å². The van der Waals surface area contributed by atoms with Gasteiger partial charge in [-0.1, -0.05) is 6.07 Å². The van der Waals surface area contributed by atoms with Crippen molar-refractivity contribution < 1.29 is 28.3 Å². The van der Waals surface area contributed by atoms with Crippen molar-refractivity contribution in [1.82, 2.24) is 4.90 Å². The molecule has 8 heteroatoms. The highest BCUT2D eigenvalue weighted by Crippen LogP contribution is 2.21. The summed E-state index contributed by atoms with van der Waals surface area (Å²) in [4.78, 5) is 37.9. The van der Waals surface area contributed by atoms with Crippen molar-refractivity contribution in [1.29, 1.82) is 0 Å². The molecule has 154 valence electrons. The maximum atomic E-state index is 12.4. The van der Waals surface area contributed by atoms with Crippen molar-refractivity contribution in [2.75, 3.05) is 31.6 Å². The van der Waals surface area contributed by atoms with Crippen molar-refractivity contribution in [2.45, 2.75) is 19.8 Å². The zero-order valence-electron chi connectivity index (χ0n) is 16.3. The molecular weight excluding hydrogens is 376 g/mol. The molecule has 0 spiro atoms. The highest BCUT2D eigenvalue weighted by molar-refractivity contribution is 6.02. The Morgan fingerprint density at radius 3 is 2.66 bits per heavy atom. The Labute approximate surface area is 168 Å². The second kappa shape index (κ2) is 9.77. The number of benzene rings is 1. The van der Waals surface area contributed by atoms with E-state index in [9.17, 15) is 14.4 Å². The van der Waals surface area contributed by atoms with Gasteiger partial charge in [-0.15, -0.1) is 0 Å². The van der Waals surface area contributed by atoms with Crippen LogP contribution in [0.1, 0.15) is 30.3 Å². The first-order valence-corrected chi connectivity index (χ1v) is 9.59. The van der Waals surface area contributed by atoms with E-state index in [2.05, 4.69) is 5.32 Å². The standard InChI is InChI=1S/C21H24N2O6/c1-2-27-21(26)15-8-10-23(11-9-15)19(24)14-29-17-6-3-5-16(13-17)22-20(25)18-7-4-12-28-18/h3-7,12-13,15H,2,8-11,14H2,1H3,(H,22,25). The highest BCUT2D eigenvalue weighted by Gasteiger charge is 2.28. The Kier molecular flexibility index (Phi) is 6.89. The smallest absolute Gasteiger partial charge is 0.309 e. The fourth-order valence-corrected chi connectivity index (χ4v) is 3.13. The third kappa shape index (κ3) is 5.60. The molecule has 2 heterocycles. The summed E-state index contributed by atoms with van der Waals surface area (Å²) in [5, 5.41) is 2.71. The average molecular weight is 400 g/mol. The lowest BCUT2D eigenvalue weighted by Crippen LogP contribution is -2.42. The average Bonchev–Trinajstić information content (AvgIpc) is 3.28. The van der Waals surface area contributed by atoms with Gasteiger partial charge in [0.25, 0.3) is 11.8 Å². The first-order chi connectivity index (χ1) is 14.1. The molecule has 2 amide bonds. The number of likely N-dealkylation sites (tertiary alicyclic amines) is 1. The number of carbonyl (C=O) groups excluding carboxylic acids is 3. The van der Waals surface area contributed by atoms with Crippen molar-refractivity contribution in [3.05, 3.63) is 48.4 Å². The van der Waals surface area contributed by atoms with E-state index in [1.807, 2.05) is 0 Å². The number of anilines is 1. The van der Waals surface area contributed by atoms with E-state index >= 15 is 0 Å². The summed E-state index contributed by atoms with van der Waals surface area (Å²) in [7, 11) is 0. The monoisotopic (exact) mass is 400 g/mol. The quantitative estimate of drug-likeness (QED) is 0.718. The summed E-state index contributed by atoms with van der Waals surface area (Å²) < 4.78 is 15.7. The molecule has 1 aromatic carbocycles. The number of hydrogen-bond acceptors (Lipinski definition) is 6. The van der Waals surface area contributed by atoms with E-state index in [1.54, 1.807) is 48.2 Å². The van der Waals surface area contributed by atoms with Gasteiger partial charge in [-0.3, -0.25) is 14.4 Å². The lowest BCUT2D eigenvalue weighted by Gasteiger charge is -2.30. The van der Waals surface area contributed by atoms with Crippen molar-refractivity contribution >= 4 is 23.5 Å². The Hall–Kier alpha value is -3.29. The van der Waals surface area contributed by atoms with E-state index in [0.29, 0.717) is 44.0 Å². The fraction of sp³-hybridized carbons (Fsp3) is 0.381. The lowest BCUT2D eigenvalue weighted by molar-refractivity contribution is -0.151. The first kappa shape index (κ1) is 20.4. The molecule has 0 atom stereocenters. The highest BCUT2D eigenvalue weighted by atomic mass is 16.5. The van der Waals surface area contributed by atoms with Crippen LogP contribution in [-0.4, -0.2) is 49.0 Å². The van der Waals surface area contributed by atoms with Crippen LogP contribution in [0.25, 0.3) is 0 Å². The SMILES string of the molecule is CCOC(=O)C1CCN(C(=O)COc2cccc(NC(=O)c3ccco3)c2)CC1. The van der Waals surface area contributed by atoms with Crippen LogP contribution in [0.3, 0.4) is 0 Å². The van der Waals surface area contributed by atoms with E-state index < -0.39 is 0 Å². The fourth-order valence-electron chi connectivity index (χ4n) is 3.13. The molecule has 8 nitrogen and oxygen atoms in total. The summed E-state index contributed by atoms with van der Waals surface area (Å²) in [5.41, 5.74) is 0.534. The molecule has 1 aliphatic rings. The number of piperidine rings is 1. The summed E-state index contributed by atoms with van der Waals surface area (Å²) in [6.07, 6.45) is 2.62. The predicted octanol–water partition coefficient (Wildman–Crippen LogP) is 2.71. The van der Waals surface area contributed by atoms with Crippen molar-refractivity contribution in [3.8, 4) is 5.75 Å². The van der Waals surface area contributed by atoms with Gasteiger partial charge in [-0.05, 0) is 44.0 Å². The van der Waals surface area contributed by atoms with Crippen LogP contribution in [0.4, 0.5) is 5.69 Å². The Morgan fingerprint density at radius 1 is 1.17 bits per heavy atom. The minimum atomic E-state index is -0.368. The molecule has 3 rings (SSSR count). The molecule has 0 saturated carbocycles. The minimum Gasteiger partial charge on any atom is -0.484 e. The van der Waals surface area contributed by atoms with Crippen LogP contribution < -0.4 is 10.1 Å². The van der Waals surface area contributed by atoms with Crippen LogP contribution in [0, 0.1) is 5.92 Å². The van der Waals surface area contributed by atoms with E-state index in [-0.39, 0.29) is 36.1 Å². The van der Waals surface area contributed by atoms with Crippen LogP contribution in [-0.2, 0) is 14.3 Å². The Morgan fingerprint density at radius 2 is 1.97 bits per heavy atom. The number of hydrogen-bond donors (Lipinski definition) is 1. The zero-order chi connectivity index (χ0) is 20.6. The number of furan rings is 1. The molecule has 0 radical (unpaired) electrons. The normalized spacial score (nSPS) is 14.3. The van der Waals surface area contributed by atoms with Crippen LogP contribution >= 0.6 is 0 Å². The number of esters is 1. The number of nitrogens with zero attached hydrogens (tertiary/aromatic N) is 1. The number of amides is 2. The largest absolute Gasteiger partial charge is 0.484 e. The molecule has 1 N–H and O–H groups in total. The Bertz CT molecular complexity index is 841. The zero-order valence-corrected chi connectivity index (χ0v) is 16.3. The third-order valence-electron chi connectivity index (χ3n) is 4.67. The van der Waals surface area contributed by atoms with E-state index in [1.165, 1.54) is 6.26 Å². The van der Waals surface area contributed by atoms with Gasteiger partial charge < -0.3 is 24.1 Å². The topological polar surface area (TPSA) is 98.1 Å². The van der Waals surface area contributed by atoms with E-state index in [0.717, 1.165) is 0 Å². The summed E-state index contributed by atoms with van der Waals surface area (Å²) in [6, 6.07) is 10.00. The van der Waals surface area contributed by atoms with Crippen LogP contribution in [0.5, 0.6) is 5.75 Å². The maximum absolute atomic E-state index is 12.4. The van der Waals surface area contributed by atoms with Crippen LogP contribution in [0.2, 0.25) is 0 Å². The molecule has 0 aliphatic carbocycles. The minimum absolute atomic E-state index is 0.111. The van der Waals surface area contributed by atoms with Gasteiger partial charge >= 0.3 is 5.97 Å². The number of nitrogens with one attached hydrogen (secondary N) is 1. The van der Waals surface area contributed by atoms with Gasteiger partial charge in [-0.2, -0.15) is 0 Å². The number of ether oxygens (including phenoxy) is 2. The third-order valence-corrected chi connectivity index (χ3v) is 4.67. The summed E-state index contributed by atoms with van der Waals surface area (Å²) >= 11 is 0. The summed E-state index contributed by atoms with van der Waals surface area (Å²) in [5.74, 6) is -0.168. The van der Waals surface area contributed by atoms with Gasteiger partial charge in [0.1, 0.15) is 5.75 Å². The lowest BCUT2D eigenvalue weighted by atomic mass is 9.97. The van der Waals surface area contributed by atoms with Crippen molar-refractivity contribution in [2.24, 2.45) is 5.92 Å². The second-order valence-corrected chi connectivity index (χ2v) is 6.66. The summed E-state index contributed by atoms with van der Waals surface area (Å²) in [6.45, 7) is 3.05. The van der Waals surface area contributed by atoms with Gasteiger partial charge in [-0.25, -0.2) is 0 Å². The van der Waals surface area contributed by atoms with Gasteiger partial charge in [0.05, 0.1) is 18.8 Å². The van der Waals surface area contributed by atoms with Gasteiger partial charge in [0.2, 0.25) is 0 Å². The maximum Gasteiger partial charge on any atom is 0.309 e. The number of rotatable bonds is 7. The molecule has 1 fully saturated rings. The molecule has 0 bridgehead atoms. The molecular formula is C21H24N2O6. The molecule has 1 aliphatic heterocycles. The molecule has 0 unspecified atom stereocenters. The van der Waals surface area contributed by atoms with E-state index in [4.69, 9.17) is 13.9 Å². The second-order valence-electron chi connectivity index (χ2n) is 6.66. The predicted molar refractivity (Wildman–Crippen MR) is 105 cm³/mol. The number of carbonyl (C=O) groups is 3. The molecule has 29 heavy (non-hydrogen) atoms. The van der Waals surface area contributed by atoms with Crippen molar-refractivity contribution in [3.63, 3.8) is 0 Å². The van der Waals surface area contributed by atoms with Gasteiger partial charge in [0.15, 0.2) is 12.4 Å². The van der Waals surface area contributed by atoms with Gasteiger partial charge in [0, 0.05) is 24.8 Å². The molecule has 2 aromatic rings. The molecule has 1 saturated heterocycles. The first-order valence-electron chi connectivity index (χ1n) is 9.59. The molecule has 1 aromatic heterocycles.